The minimum Gasteiger partial charge on any atom is -0.349 e. The predicted molar refractivity (Wildman–Crippen MR) is 68.5 cm³/mol. The molecular weight excluding hydrogens is 266 g/mol. The molecule has 1 atom stereocenters. The number of amides is 1. The zero-order valence-corrected chi connectivity index (χ0v) is 11.2. The molecule has 1 aliphatic carbocycles. The average Bonchev–Trinajstić information content (AvgIpc) is 3.04. The maximum atomic E-state index is 12.0. The third-order valence-electron chi connectivity index (χ3n) is 3.05. The molecule has 2 nitrogen and oxygen atoms in total. The van der Waals surface area contributed by atoms with Crippen molar-refractivity contribution in [2.75, 3.05) is 0 Å². The molecule has 1 fully saturated rings. The molecule has 0 heterocycles. The molecule has 1 amide bonds. The quantitative estimate of drug-likeness (QED) is 0.905. The van der Waals surface area contributed by atoms with E-state index in [2.05, 4.69) is 28.2 Å². The van der Waals surface area contributed by atoms with Crippen LogP contribution in [0.15, 0.2) is 22.7 Å². The van der Waals surface area contributed by atoms with Crippen molar-refractivity contribution in [2.24, 2.45) is 5.92 Å². The van der Waals surface area contributed by atoms with Gasteiger partial charge in [-0.3, -0.25) is 4.79 Å². The highest BCUT2D eigenvalue weighted by Gasteiger charge is 2.29. The van der Waals surface area contributed by atoms with Gasteiger partial charge in [-0.25, -0.2) is 0 Å². The Labute approximate surface area is 105 Å². The summed E-state index contributed by atoms with van der Waals surface area (Å²) in [6.45, 7) is 4.08. The molecule has 1 N–H and O–H groups in total. The minimum atomic E-state index is 0.0231. The Morgan fingerprint density at radius 2 is 2.19 bits per heavy atom. The van der Waals surface area contributed by atoms with Gasteiger partial charge in [0.05, 0.1) is 5.56 Å². The molecule has 0 spiro atoms. The van der Waals surface area contributed by atoms with Gasteiger partial charge in [0.2, 0.25) is 0 Å². The summed E-state index contributed by atoms with van der Waals surface area (Å²) < 4.78 is 0.860. The van der Waals surface area contributed by atoms with E-state index in [1.165, 1.54) is 12.8 Å². The van der Waals surface area contributed by atoms with Crippen LogP contribution >= 0.6 is 15.9 Å². The Balaban J connectivity index is 2.10. The number of carbonyl (C=O) groups excluding carboxylic acids is 1. The molecule has 0 saturated heterocycles. The normalized spacial score (nSPS) is 16.9. The smallest absolute Gasteiger partial charge is 0.252 e. The minimum absolute atomic E-state index is 0.0231. The summed E-state index contributed by atoms with van der Waals surface area (Å²) in [6, 6.07) is 6.12. The number of benzene rings is 1. The first-order valence-electron chi connectivity index (χ1n) is 5.65. The Bertz CT molecular complexity index is 412. The Kier molecular flexibility index (Phi) is 3.33. The van der Waals surface area contributed by atoms with E-state index in [-0.39, 0.29) is 5.91 Å². The number of nitrogens with one attached hydrogen (secondary N) is 1. The summed E-state index contributed by atoms with van der Waals surface area (Å²) in [7, 11) is 0. The van der Waals surface area contributed by atoms with Gasteiger partial charge in [-0.1, -0.05) is 11.6 Å². The van der Waals surface area contributed by atoms with Crippen LogP contribution in [-0.2, 0) is 0 Å². The average molecular weight is 282 g/mol. The number of rotatable bonds is 3. The molecule has 86 valence electrons. The van der Waals surface area contributed by atoms with Crippen molar-refractivity contribution in [1.29, 1.82) is 0 Å². The molecule has 1 aromatic rings. The van der Waals surface area contributed by atoms with Crippen molar-refractivity contribution in [2.45, 2.75) is 32.7 Å². The Morgan fingerprint density at radius 1 is 1.50 bits per heavy atom. The van der Waals surface area contributed by atoms with Crippen LogP contribution in [-0.4, -0.2) is 11.9 Å². The van der Waals surface area contributed by atoms with Gasteiger partial charge in [-0.05, 0) is 60.7 Å². The summed E-state index contributed by atoms with van der Waals surface area (Å²) in [5.74, 6) is 0.711. The van der Waals surface area contributed by atoms with Gasteiger partial charge in [0.1, 0.15) is 0 Å². The standard InChI is InChI=1S/C13H16BrNO/c1-8-3-6-12(14)11(7-8)13(16)15-9(2)10-4-5-10/h3,6-7,9-10H,4-5H2,1-2H3,(H,15,16). The van der Waals surface area contributed by atoms with Crippen LogP contribution in [0.2, 0.25) is 0 Å². The van der Waals surface area contributed by atoms with E-state index in [0.717, 1.165) is 15.6 Å². The largest absolute Gasteiger partial charge is 0.349 e. The zero-order valence-electron chi connectivity index (χ0n) is 9.59. The molecule has 0 aromatic heterocycles. The summed E-state index contributed by atoms with van der Waals surface area (Å²) in [5, 5.41) is 3.06. The second kappa shape index (κ2) is 4.58. The van der Waals surface area contributed by atoms with Crippen LogP contribution in [0.4, 0.5) is 0 Å². The fraction of sp³-hybridized carbons (Fsp3) is 0.462. The second-order valence-electron chi connectivity index (χ2n) is 4.58. The lowest BCUT2D eigenvalue weighted by atomic mass is 10.1. The van der Waals surface area contributed by atoms with Crippen molar-refractivity contribution in [1.82, 2.24) is 5.32 Å². The molecule has 1 saturated carbocycles. The summed E-state index contributed by atoms with van der Waals surface area (Å²) in [6.07, 6.45) is 2.49. The number of hydrogen-bond acceptors (Lipinski definition) is 1. The molecule has 0 aliphatic heterocycles. The van der Waals surface area contributed by atoms with Crippen molar-refractivity contribution in [3.05, 3.63) is 33.8 Å². The highest BCUT2D eigenvalue weighted by Crippen LogP contribution is 2.32. The van der Waals surface area contributed by atoms with E-state index in [4.69, 9.17) is 0 Å². The fourth-order valence-corrected chi connectivity index (χ4v) is 2.24. The van der Waals surface area contributed by atoms with Gasteiger partial charge in [0.25, 0.3) is 5.91 Å². The van der Waals surface area contributed by atoms with E-state index in [1.54, 1.807) is 0 Å². The Hall–Kier alpha value is -0.830. The third-order valence-corrected chi connectivity index (χ3v) is 3.75. The SMILES string of the molecule is Cc1ccc(Br)c(C(=O)NC(C)C2CC2)c1. The highest BCUT2D eigenvalue weighted by atomic mass is 79.9. The molecular formula is C13H16BrNO. The highest BCUT2D eigenvalue weighted by molar-refractivity contribution is 9.10. The first-order valence-corrected chi connectivity index (χ1v) is 6.44. The summed E-state index contributed by atoms with van der Waals surface area (Å²) in [5.41, 5.74) is 1.83. The van der Waals surface area contributed by atoms with E-state index >= 15 is 0 Å². The van der Waals surface area contributed by atoms with Crippen LogP contribution in [0.3, 0.4) is 0 Å². The van der Waals surface area contributed by atoms with Gasteiger partial charge >= 0.3 is 0 Å². The van der Waals surface area contributed by atoms with Crippen LogP contribution in [0, 0.1) is 12.8 Å². The fourth-order valence-electron chi connectivity index (χ4n) is 1.81. The monoisotopic (exact) mass is 281 g/mol. The van der Waals surface area contributed by atoms with E-state index < -0.39 is 0 Å². The lowest BCUT2D eigenvalue weighted by Crippen LogP contribution is -2.34. The van der Waals surface area contributed by atoms with E-state index in [0.29, 0.717) is 12.0 Å². The van der Waals surface area contributed by atoms with Crippen LogP contribution in [0.1, 0.15) is 35.7 Å². The molecule has 16 heavy (non-hydrogen) atoms. The number of halogens is 1. The van der Waals surface area contributed by atoms with Crippen molar-refractivity contribution >= 4 is 21.8 Å². The molecule has 0 bridgehead atoms. The predicted octanol–water partition coefficient (Wildman–Crippen LogP) is 3.29. The third kappa shape index (κ3) is 2.64. The van der Waals surface area contributed by atoms with Crippen molar-refractivity contribution in [3.63, 3.8) is 0 Å². The molecule has 0 radical (unpaired) electrons. The number of hydrogen-bond donors (Lipinski definition) is 1. The number of aryl methyl sites for hydroxylation is 1. The maximum Gasteiger partial charge on any atom is 0.252 e. The lowest BCUT2D eigenvalue weighted by molar-refractivity contribution is 0.0935. The summed E-state index contributed by atoms with van der Waals surface area (Å²) in [4.78, 5) is 12.0. The van der Waals surface area contributed by atoms with Crippen LogP contribution in [0.5, 0.6) is 0 Å². The number of carbonyl (C=O) groups is 1. The second-order valence-corrected chi connectivity index (χ2v) is 5.44. The molecule has 1 unspecified atom stereocenters. The van der Waals surface area contributed by atoms with E-state index in [9.17, 15) is 4.79 Å². The van der Waals surface area contributed by atoms with Gasteiger partial charge in [0, 0.05) is 10.5 Å². The molecule has 3 heteroatoms. The molecule has 1 aliphatic rings. The first-order chi connectivity index (χ1) is 7.58. The van der Waals surface area contributed by atoms with Crippen molar-refractivity contribution in [3.8, 4) is 0 Å². The maximum absolute atomic E-state index is 12.0. The van der Waals surface area contributed by atoms with Crippen LogP contribution in [0.25, 0.3) is 0 Å². The van der Waals surface area contributed by atoms with Crippen molar-refractivity contribution < 1.29 is 4.79 Å². The van der Waals surface area contributed by atoms with Gasteiger partial charge in [-0.2, -0.15) is 0 Å². The zero-order chi connectivity index (χ0) is 11.7. The van der Waals surface area contributed by atoms with Gasteiger partial charge in [0.15, 0.2) is 0 Å². The van der Waals surface area contributed by atoms with Crippen LogP contribution < -0.4 is 5.32 Å². The van der Waals surface area contributed by atoms with Gasteiger partial charge < -0.3 is 5.32 Å². The van der Waals surface area contributed by atoms with E-state index in [1.807, 2.05) is 25.1 Å². The molecule has 1 aromatic carbocycles. The Morgan fingerprint density at radius 3 is 2.81 bits per heavy atom. The summed E-state index contributed by atoms with van der Waals surface area (Å²) >= 11 is 3.41. The topological polar surface area (TPSA) is 29.1 Å². The van der Waals surface area contributed by atoms with Gasteiger partial charge in [-0.15, -0.1) is 0 Å². The lowest BCUT2D eigenvalue weighted by Gasteiger charge is -2.13. The molecule has 2 rings (SSSR count). The first kappa shape index (κ1) is 11.6.